The average Bonchev–Trinajstić information content (AvgIpc) is 3.12. The van der Waals surface area contributed by atoms with Gasteiger partial charge in [0.25, 0.3) is 0 Å². The van der Waals surface area contributed by atoms with Crippen LogP contribution >= 0.6 is 0 Å². The Kier molecular flexibility index (Phi) is 5.76. The first kappa shape index (κ1) is 20.7. The van der Waals surface area contributed by atoms with Crippen LogP contribution in [0.1, 0.15) is 22.4 Å². The van der Waals surface area contributed by atoms with Crippen LogP contribution in [0.2, 0.25) is 0 Å². The molecule has 0 aliphatic rings. The molecule has 0 unspecified atom stereocenters. The van der Waals surface area contributed by atoms with Gasteiger partial charge in [-0.15, -0.1) is 0 Å². The minimum absolute atomic E-state index is 0.0302. The lowest BCUT2D eigenvalue weighted by atomic mass is 10.1. The molecule has 0 aliphatic heterocycles. The SMILES string of the molecule is COc1ccccc1CN(C)C(=O)Cc1c(-c2ccc(C)cc2)nc2ccc(C)cn12. The lowest BCUT2D eigenvalue weighted by Crippen LogP contribution is -2.28. The van der Waals surface area contributed by atoms with Crippen molar-refractivity contribution in [2.24, 2.45) is 0 Å². The molecule has 1 amide bonds. The van der Waals surface area contributed by atoms with E-state index in [0.29, 0.717) is 6.54 Å². The van der Waals surface area contributed by atoms with E-state index in [-0.39, 0.29) is 12.3 Å². The smallest absolute Gasteiger partial charge is 0.228 e. The third kappa shape index (κ3) is 4.31. The van der Waals surface area contributed by atoms with E-state index in [1.54, 1.807) is 12.0 Å². The number of fused-ring (bicyclic) bond motifs is 1. The number of aromatic nitrogens is 2. The van der Waals surface area contributed by atoms with Crippen LogP contribution in [0.25, 0.3) is 16.9 Å². The first-order valence-electron chi connectivity index (χ1n) is 10.4. The summed E-state index contributed by atoms with van der Waals surface area (Å²) in [6, 6.07) is 20.1. The third-order valence-corrected chi connectivity index (χ3v) is 5.53. The number of ether oxygens (including phenoxy) is 1. The second kappa shape index (κ2) is 8.64. The first-order valence-corrected chi connectivity index (χ1v) is 10.4. The van der Waals surface area contributed by atoms with E-state index in [1.807, 2.05) is 61.0 Å². The molecule has 4 rings (SSSR count). The number of likely N-dealkylation sites (N-methyl/N-ethyl adjacent to an activating group) is 1. The van der Waals surface area contributed by atoms with Crippen LogP contribution in [0.3, 0.4) is 0 Å². The standard InChI is InChI=1S/C26H27N3O2/c1-18-9-12-20(13-10-18)26-22(29-16-19(2)11-14-24(29)27-26)15-25(30)28(3)17-21-7-5-6-8-23(21)31-4/h5-14,16H,15,17H2,1-4H3. The second-order valence-electron chi connectivity index (χ2n) is 7.95. The molecule has 158 valence electrons. The van der Waals surface area contributed by atoms with Crippen LogP contribution < -0.4 is 4.74 Å². The highest BCUT2D eigenvalue weighted by Crippen LogP contribution is 2.27. The number of rotatable bonds is 6. The van der Waals surface area contributed by atoms with Gasteiger partial charge >= 0.3 is 0 Å². The van der Waals surface area contributed by atoms with Crippen LogP contribution in [-0.4, -0.2) is 34.3 Å². The predicted octanol–water partition coefficient (Wildman–Crippen LogP) is 4.83. The summed E-state index contributed by atoms with van der Waals surface area (Å²) in [5.74, 6) is 0.815. The fraction of sp³-hybridized carbons (Fsp3) is 0.231. The van der Waals surface area contributed by atoms with Crippen LogP contribution in [0.15, 0.2) is 66.9 Å². The number of carbonyl (C=O) groups excluding carboxylic acids is 1. The highest BCUT2D eigenvalue weighted by atomic mass is 16.5. The fourth-order valence-corrected chi connectivity index (χ4v) is 3.77. The van der Waals surface area contributed by atoms with Crippen molar-refractivity contribution < 1.29 is 9.53 Å². The number of para-hydroxylation sites is 1. The highest BCUT2D eigenvalue weighted by molar-refractivity contribution is 5.81. The zero-order valence-corrected chi connectivity index (χ0v) is 18.4. The number of hydrogen-bond acceptors (Lipinski definition) is 3. The molecule has 0 atom stereocenters. The van der Waals surface area contributed by atoms with Crippen molar-refractivity contribution in [2.75, 3.05) is 14.2 Å². The Morgan fingerprint density at radius 2 is 1.71 bits per heavy atom. The third-order valence-electron chi connectivity index (χ3n) is 5.53. The number of pyridine rings is 1. The molecule has 5 heteroatoms. The summed E-state index contributed by atoms with van der Waals surface area (Å²) >= 11 is 0. The zero-order valence-electron chi connectivity index (χ0n) is 18.4. The molecule has 2 aromatic heterocycles. The van der Waals surface area contributed by atoms with Gasteiger partial charge in [0.2, 0.25) is 5.91 Å². The van der Waals surface area contributed by atoms with E-state index in [9.17, 15) is 4.79 Å². The van der Waals surface area contributed by atoms with E-state index < -0.39 is 0 Å². The summed E-state index contributed by atoms with van der Waals surface area (Å²) < 4.78 is 7.48. The molecule has 0 saturated heterocycles. The molecule has 0 radical (unpaired) electrons. The second-order valence-corrected chi connectivity index (χ2v) is 7.95. The van der Waals surface area contributed by atoms with E-state index in [1.165, 1.54) is 5.56 Å². The van der Waals surface area contributed by atoms with Gasteiger partial charge in [0.05, 0.1) is 24.9 Å². The molecule has 0 saturated carbocycles. The van der Waals surface area contributed by atoms with Gasteiger partial charge < -0.3 is 14.0 Å². The topological polar surface area (TPSA) is 46.8 Å². The molecular formula is C26H27N3O2. The molecule has 0 N–H and O–H groups in total. The molecule has 0 fully saturated rings. The Hall–Kier alpha value is -3.60. The monoisotopic (exact) mass is 413 g/mol. The van der Waals surface area contributed by atoms with Gasteiger partial charge in [-0.1, -0.05) is 54.1 Å². The highest BCUT2D eigenvalue weighted by Gasteiger charge is 2.20. The number of imidazole rings is 1. The van der Waals surface area contributed by atoms with Gasteiger partial charge in [0.1, 0.15) is 11.4 Å². The lowest BCUT2D eigenvalue weighted by Gasteiger charge is -2.19. The van der Waals surface area contributed by atoms with Crippen LogP contribution in [0.4, 0.5) is 0 Å². The van der Waals surface area contributed by atoms with Crippen molar-refractivity contribution in [1.82, 2.24) is 14.3 Å². The maximum absolute atomic E-state index is 13.2. The fourth-order valence-electron chi connectivity index (χ4n) is 3.77. The van der Waals surface area contributed by atoms with Crippen molar-refractivity contribution in [3.8, 4) is 17.0 Å². The summed E-state index contributed by atoms with van der Waals surface area (Å²) in [6.07, 6.45) is 2.31. The molecule has 31 heavy (non-hydrogen) atoms. The predicted molar refractivity (Wildman–Crippen MR) is 123 cm³/mol. The van der Waals surface area contributed by atoms with Crippen molar-refractivity contribution >= 4 is 11.6 Å². The minimum Gasteiger partial charge on any atom is -0.496 e. The summed E-state index contributed by atoms with van der Waals surface area (Å²) in [5.41, 5.74) is 6.91. The number of aryl methyl sites for hydroxylation is 2. The summed E-state index contributed by atoms with van der Waals surface area (Å²) in [5, 5.41) is 0. The number of amides is 1. The maximum Gasteiger partial charge on any atom is 0.228 e. The Morgan fingerprint density at radius 1 is 1.00 bits per heavy atom. The summed E-state index contributed by atoms with van der Waals surface area (Å²) in [7, 11) is 3.48. The minimum atomic E-state index is 0.0302. The quantitative estimate of drug-likeness (QED) is 0.455. The molecule has 0 aliphatic carbocycles. The molecular weight excluding hydrogens is 386 g/mol. The van der Waals surface area contributed by atoms with Gasteiger partial charge in [0.15, 0.2) is 0 Å². The number of hydrogen-bond donors (Lipinski definition) is 0. The number of carbonyl (C=O) groups is 1. The molecule has 4 aromatic rings. The van der Waals surface area contributed by atoms with Crippen molar-refractivity contribution in [1.29, 1.82) is 0 Å². The number of nitrogens with zero attached hydrogens (tertiary/aromatic N) is 3. The lowest BCUT2D eigenvalue weighted by molar-refractivity contribution is -0.129. The molecule has 2 aromatic carbocycles. The number of benzene rings is 2. The van der Waals surface area contributed by atoms with Crippen molar-refractivity contribution in [3.63, 3.8) is 0 Å². The van der Waals surface area contributed by atoms with Crippen LogP contribution in [0.5, 0.6) is 5.75 Å². The normalized spacial score (nSPS) is 11.0. The van der Waals surface area contributed by atoms with E-state index in [0.717, 1.165) is 39.5 Å². The Bertz CT molecular complexity index is 1230. The van der Waals surface area contributed by atoms with Gasteiger partial charge in [-0.2, -0.15) is 0 Å². The van der Waals surface area contributed by atoms with Gasteiger partial charge in [0, 0.05) is 30.9 Å². The van der Waals surface area contributed by atoms with Gasteiger partial charge in [-0.05, 0) is 31.5 Å². The van der Waals surface area contributed by atoms with E-state index in [4.69, 9.17) is 9.72 Å². The largest absolute Gasteiger partial charge is 0.496 e. The van der Waals surface area contributed by atoms with Gasteiger partial charge in [-0.25, -0.2) is 4.98 Å². The van der Waals surface area contributed by atoms with E-state index >= 15 is 0 Å². The summed E-state index contributed by atoms with van der Waals surface area (Å²) in [6.45, 7) is 4.59. The Labute approximate surface area is 182 Å². The molecule has 5 nitrogen and oxygen atoms in total. The van der Waals surface area contributed by atoms with Crippen molar-refractivity contribution in [2.45, 2.75) is 26.8 Å². The Morgan fingerprint density at radius 3 is 2.45 bits per heavy atom. The first-order chi connectivity index (χ1) is 15.0. The molecule has 0 spiro atoms. The average molecular weight is 414 g/mol. The molecule has 2 heterocycles. The van der Waals surface area contributed by atoms with Crippen LogP contribution in [-0.2, 0) is 17.8 Å². The zero-order chi connectivity index (χ0) is 22.0. The number of methoxy groups -OCH3 is 1. The summed E-state index contributed by atoms with van der Waals surface area (Å²) in [4.78, 5) is 19.8. The van der Waals surface area contributed by atoms with E-state index in [2.05, 4.69) is 31.2 Å². The maximum atomic E-state index is 13.2. The van der Waals surface area contributed by atoms with Crippen LogP contribution in [0, 0.1) is 13.8 Å². The van der Waals surface area contributed by atoms with Crippen molar-refractivity contribution in [3.05, 3.63) is 89.2 Å². The molecule has 0 bridgehead atoms. The Balaban J connectivity index is 1.68. The van der Waals surface area contributed by atoms with Gasteiger partial charge in [-0.3, -0.25) is 4.79 Å².